The molecule has 0 bridgehead atoms. The zero-order valence-corrected chi connectivity index (χ0v) is 10.6. The van der Waals surface area contributed by atoms with Gasteiger partial charge in [0.2, 0.25) is 0 Å². The fraction of sp³-hybridized carbons (Fsp3) is 0.909. The second kappa shape index (κ2) is 5.75. The first kappa shape index (κ1) is 12.8. The fourth-order valence-corrected chi connectivity index (χ4v) is 2.98. The van der Waals surface area contributed by atoms with Gasteiger partial charge in [0.15, 0.2) is 0 Å². The lowest BCUT2D eigenvalue weighted by Gasteiger charge is -2.22. The SMILES string of the molecule is CSCC(C(=O)O)C1CCN(C(C)C)C1. The summed E-state index contributed by atoms with van der Waals surface area (Å²) in [5, 5.41) is 9.16. The van der Waals surface area contributed by atoms with Gasteiger partial charge in [-0.15, -0.1) is 0 Å². The molecule has 15 heavy (non-hydrogen) atoms. The summed E-state index contributed by atoms with van der Waals surface area (Å²) in [6, 6.07) is 0.540. The monoisotopic (exact) mass is 231 g/mol. The molecule has 1 saturated heterocycles. The Bertz CT molecular complexity index is 221. The van der Waals surface area contributed by atoms with Crippen LogP contribution in [-0.2, 0) is 4.79 Å². The van der Waals surface area contributed by atoms with Crippen molar-refractivity contribution >= 4 is 17.7 Å². The van der Waals surface area contributed by atoms with Crippen molar-refractivity contribution in [1.29, 1.82) is 0 Å². The van der Waals surface area contributed by atoms with Crippen molar-refractivity contribution in [2.45, 2.75) is 26.3 Å². The molecule has 0 spiro atoms. The summed E-state index contributed by atoms with van der Waals surface area (Å²) >= 11 is 1.64. The molecule has 4 heteroatoms. The number of hydrogen-bond acceptors (Lipinski definition) is 3. The zero-order valence-electron chi connectivity index (χ0n) is 9.77. The summed E-state index contributed by atoms with van der Waals surface area (Å²) in [7, 11) is 0. The molecule has 0 amide bonds. The first-order chi connectivity index (χ1) is 7.06. The van der Waals surface area contributed by atoms with E-state index in [1.54, 1.807) is 11.8 Å². The van der Waals surface area contributed by atoms with Crippen LogP contribution >= 0.6 is 11.8 Å². The molecule has 1 aliphatic heterocycles. The predicted octanol–water partition coefficient (Wildman–Crippen LogP) is 1.78. The third kappa shape index (κ3) is 3.38. The lowest BCUT2D eigenvalue weighted by atomic mass is 9.93. The molecule has 0 aromatic rings. The van der Waals surface area contributed by atoms with Crippen LogP contribution in [0.4, 0.5) is 0 Å². The number of likely N-dealkylation sites (tertiary alicyclic amines) is 1. The standard InChI is InChI=1S/C11H21NO2S/c1-8(2)12-5-4-9(6-12)10(7-15-3)11(13)14/h8-10H,4-7H2,1-3H3,(H,13,14). The maximum Gasteiger partial charge on any atom is 0.307 e. The van der Waals surface area contributed by atoms with Gasteiger partial charge in [0.05, 0.1) is 5.92 Å². The van der Waals surface area contributed by atoms with Gasteiger partial charge in [0, 0.05) is 18.3 Å². The molecule has 1 aliphatic rings. The van der Waals surface area contributed by atoms with E-state index in [9.17, 15) is 4.79 Å². The Hall–Kier alpha value is -0.220. The molecule has 0 saturated carbocycles. The van der Waals surface area contributed by atoms with Gasteiger partial charge in [-0.25, -0.2) is 0 Å². The van der Waals surface area contributed by atoms with Crippen LogP contribution in [0.1, 0.15) is 20.3 Å². The number of aliphatic carboxylic acids is 1. The molecule has 88 valence electrons. The lowest BCUT2D eigenvalue weighted by Crippen LogP contribution is -2.32. The normalized spacial score (nSPS) is 24.7. The molecule has 0 radical (unpaired) electrons. The largest absolute Gasteiger partial charge is 0.481 e. The van der Waals surface area contributed by atoms with Crippen LogP contribution in [0.3, 0.4) is 0 Å². The Morgan fingerprint density at radius 1 is 1.60 bits per heavy atom. The second-order valence-corrected chi connectivity index (χ2v) is 5.45. The van der Waals surface area contributed by atoms with Gasteiger partial charge in [-0.2, -0.15) is 11.8 Å². The van der Waals surface area contributed by atoms with Crippen molar-refractivity contribution in [2.24, 2.45) is 11.8 Å². The lowest BCUT2D eigenvalue weighted by molar-refractivity contribution is -0.142. The van der Waals surface area contributed by atoms with E-state index in [-0.39, 0.29) is 5.92 Å². The Morgan fingerprint density at radius 2 is 2.27 bits per heavy atom. The van der Waals surface area contributed by atoms with E-state index in [0.29, 0.717) is 12.0 Å². The Morgan fingerprint density at radius 3 is 2.67 bits per heavy atom. The van der Waals surface area contributed by atoms with E-state index in [0.717, 1.165) is 25.3 Å². The number of thioether (sulfide) groups is 1. The van der Waals surface area contributed by atoms with Crippen molar-refractivity contribution in [3.05, 3.63) is 0 Å². The number of carbonyl (C=O) groups is 1. The maximum atomic E-state index is 11.1. The molecule has 2 unspecified atom stereocenters. The zero-order chi connectivity index (χ0) is 11.4. The molecule has 1 rings (SSSR count). The Labute approximate surface area is 96.2 Å². The van der Waals surface area contributed by atoms with E-state index in [2.05, 4.69) is 18.7 Å². The van der Waals surface area contributed by atoms with E-state index < -0.39 is 5.97 Å². The average molecular weight is 231 g/mol. The molecular weight excluding hydrogens is 210 g/mol. The van der Waals surface area contributed by atoms with Crippen LogP contribution in [0.15, 0.2) is 0 Å². The summed E-state index contributed by atoms with van der Waals surface area (Å²) in [6.45, 7) is 6.36. The van der Waals surface area contributed by atoms with Crippen molar-refractivity contribution in [3.8, 4) is 0 Å². The number of rotatable bonds is 5. The molecule has 0 aliphatic carbocycles. The predicted molar refractivity (Wildman–Crippen MR) is 64.3 cm³/mol. The molecule has 1 N–H and O–H groups in total. The van der Waals surface area contributed by atoms with Gasteiger partial charge in [-0.1, -0.05) is 0 Å². The Balaban J connectivity index is 2.52. The number of carboxylic acid groups (broad SMARTS) is 1. The van der Waals surface area contributed by atoms with E-state index in [1.165, 1.54) is 0 Å². The van der Waals surface area contributed by atoms with Gasteiger partial charge < -0.3 is 10.0 Å². The van der Waals surface area contributed by atoms with Gasteiger partial charge in [0.1, 0.15) is 0 Å². The molecule has 1 fully saturated rings. The van der Waals surface area contributed by atoms with E-state index in [1.807, 2.05) is 6.26 Å². The topological polar surface area (TPSA) is 40.5 Å². The van der Waals surface area contributed by atoms with Gasteiger partial charge in [0.25, 0.3) is 0 Å². The highest BCUT2D eigenvalue weighted by atomic mass is 32.2. The smallest absolute Gasteiger partial charge is 0.307 e. The summed E-state index contributed by atoms with van der Waals surface area (Å²) < 4.78 is 0. The molecule has 2 atom stereocenters. The highest BCUT2D eigenvalue weighted by molar-refractivity contribution is 7.98. The van der Waals surface area contributed by atoms with E-state index >= 15 is 0 Å². The maximum absolute atomic E-state index is 11.1. The highest BCUT2D eigenvalue weighted by Crippen LogP contribution is 2.27. The summed E-state index contributed by atoms with van der Waals surface area (Å²) in [6.07, 6.45) is 3.01. The molecular formula is C11H21NO2S. The first-order valence-electron chi connectivity index (χ1n) is 5.52. The molecule has 0 aromatic carbocycles. The van der Waals surface area contributed by atoms with Crippen LogP contribution < -0.4 is 0 Å². The third-order valence-electron chi connectivity index (χ3n) is 3.22. The fourth-order valence-electron chi connectivity index (χ4n) is 2.20. The van der Waals surface area contributed by atoms with Crippen LogP contribution in [0.5, 0.6) is 0 Å². The highest BCUT2D eigenvalue weighted by Gasteiger charge is 2.34. The summed E-state index contributed by atoms with van der Waals surface area (Å²) in [4.78, 5) is 13.5. The quantitative estimate of drug-likeness (QED) is 0.783. The van der Waals surface area contributed by atoms with Crippen LogP contribution in [0, 0.1) is 11.8 Å². The first-order valence-corrected chi connectivity index (χ1v) is 6.91. The number of nitrogens with zero attached hydrogens (tertiary/aromatic N) is 1. The van der Waals surface area contributed by atoms with E-state index in [4.69, 9.17) is 5.11 Å². The van der Waals surface area contributed by atoms with Crippen molar-refractivity contribution < 1.29 is 9.90 Å². The third-order valence-corrected chi connectivity index (χ3v) is 3.91. The average Bonchev–Trinajstić information content (AvgIpc) is 2.62. The minimum Gasteiger partial charge on any atom is -0.481 e. The second-order valence-electron chi connectivity index (χ2n) is 4.54. The van der Waals surface area contributed by atoms with Crippen molar-refractivity contribution in [1.82, 2.24) is 4.90 Å². The van der Waals surface area contributed by atoms with Crippen molar-refractivity contribution in [3.63, 3.8) is 0 Å². The van der Waals surface area contributed by atoms with Gasteiger partial charge in [-0.05, 0) is 39.0 Å². The molecule has 3 nitrogen and oxygen atoms in total. The van der Waals surface area contributed by atoms with Gasteiger partial charge >= 0.3 is 5.97 Å². The van der Waals surface area contributed by atoms with Crippen molar-refractivity contribution in [2.75, 3.05) is 25.1 Å². The minimum atomic E-state index is -0.625. The van der Waals surface area contributed by atoms with Crippen LogP contribution in [0.2, 0.25) is 0 Å². The van der Waals surface area contributed by atoms with Crippen LogP contribution in [-0.4, -0.2) is 47.1 Å². The molecule has 0 aromatic heterocycles. The summed E-state index contributed by atoms with van der Waals surface area (Å²) in [5.74, 6) is 0.299. The number of hydrogen-bond donors (Lipinski definition) is 1. The van der Waals surface area contributed by atoms with Gasteiger partial charge in [-0.3, -0.25) is 4.79 Å². The Kier molecular flexibility index (Phi) is 4.93. The summed E-state index contributed by atoms with van der Waals surface area (Å²) in [5.41, 5.74) is 0. The number of carboxylic acids is 1. The molecule has 1 heterocycles. The van der Waals surface area contributed by atoms with Crippen LogP contribution in [0.25, 0.3) is 0 Å². The minimum absolute atomic E-state index is 0.163.